The van der Waals surface area contributed by atoms with Crippen molar-refractivity contribution in [1.82, 2.24) is 0 Å². The van der Waals surface area contributed by atoms with Crippen LogP contribution < -0.4 is 4.72 Å². The number of halogens is 2. The van der Waals surface area contributed by atoms with Gasteiger partial charge in [0.1, 0.15) is 0 Å². The Morgan fingerprint density at radius 2 is 1.86 bits per heavy atom. The molecule has 0 bridgehead atoms. The molecule has 2 aromatic carbocycles. The van der Waals surface area contributed by atoms with E-state index in [1.165, 1.54) is 6.07 Å². The molecular weight excluding hydrogens is 378 g/mol. The van der Waals surface area contributed by atoms with Gasteiger partial charge in [-0.25, -0.2) is 8.42 Å². The SMILES string of the molecule is O=S(=O)(Cc1cccc(CO)c1)Nc1cc(Cl)ccc1Br. The van der Waals surface area contributed by atoms with E-state index >= 15 is 0 Å². The van der Waals surface area contributed by atoms with E-state index in [1.807, 2.05) is 0 Å². The highest BCUT2D eigenvalue weighted by Gasteiger charge is 2.14. The lowest BCUT2D eigenvalue weighted by molar-refractivity contribution is 0.282. The van der Waals surface area contributed by atoms with Crippen molar-refractivity contribution in [3.05, 3.63) is 63.1 Å². The van der Waals surface area contributed by atoms with Crippen LogP contribution in [0.15, 0.2) is 46.9 Å². The first-order chi connectivity index (χ1) is 9.89. The summed E-state index contributed by atoms with van der Waals surface area (Å²) in [5.41, 5.74) is 1.67. The van der Waals surface area contributed by atoms with Gasteiger partial charge in [-0.3, -0.25) is 4.72 Å². The molecule has 0 saturated carbocycles. The second-order valence-corrected chi connectivity index (χ2v) is 7.48. The molecule has 0 radical (unpaired) electrons. The largest absolute Gasteiger partial charge is 0.392 e. The summed E-state index contributed by atoms with van der Waals surface area (Å²) in [6.07, 6.45) is 0. The molecule has 112 valence electrons. The summed E-state index contributed by atoms with van der Waals surface area (Å²) in [4.78, 5) is 0. The van der Waals surface area contributed by atoms with Crippen LogP contribution in [-0.4, -0.2) is 13.5 Å². The Hall–Kier alpha value is -1.08. The Kier molecular flexibility index (Phi) is 5.27. The van der Waals surface area contributed by atoms with Crippen LogP contribution >= 0.6 is 27.5 Å². The van der Waals surface area contributed by atoms with Crippen molar-refractivity contribution < 1.29 is 13.5 Å². The number of aliphatic hydroxyl groups is 1. The Morgan fingerprint density at radius 1 is 1.14 bits per heavy atom. The van der Waals surface area contributed by atoms with Gasteiger partial charge >= 0.3 is 0 Å². The highest BCUT2D eigenvalue weighted by Crippen LogP contribution is 2.27. The van der Waals surface area contributed by atoms with Crippen molar-refractivity contribution in [1.29, 1.82) is 0 Å². The van der Waals surface area contributed by atoms with E-state index in [-0.39, 0.29) is 12.4 Å². The second-order valence-electron chi connectivity index (χ2n) is 4.46. The molecule has 2 rings (SSSR count). The predicted molar refractivity (Wildman–Crippen MR) is 87.8 cm³/mol. The summed E-state index contributed by atoms with van der Waals surface area (Å²) in [6.45, 7) is -0.124. The van der Waals surface area contributed by atoms with E-state index in [1.54, 1.807) is 36.4 Å². The van der Waals surface area contributed by atoms with Crippen LogP contribution in [0.3, 0.4) is 0 Å². The molecule has 0 heterocycles. The van der Waals surface area contributed by atoms with Crippen molar-refractivity contribution in [3.63, 3.8) is 0 Å². The Bertz CT molecular complexity index is 750. The van der Waals surface area contributed by atoms with Gasteiger partial charge in [-0.05, 0) is 45.3 Å². The highest BCUT2D eigenvalue weighted by atomic mass is 79.9. The minimum atomic E-state index is -3.57. The molecular formula is C14H13BrClNO3S. The number of nitrogens with one attached hydrogen (secondary N) is 1. The average molecular weight is 391 g/mol. The van der Waals surface area contributed by atoms with Gasteiger partial charge in [0.15, 0.2) is 0 Å². The van der Waals surface area contributed by atoms with Crippen molar-refractivity contribution in [2.75, 3.05) is 4.72 Å². The number of sulfonamides is 1. The van der Waals surface area contributed by atoms with Crippen LogP contribution in [-0.2, 0) is 22.4 Å². The topological polar surface area (TPSA) is 66.4 Å². The highest BCUT2D eigenvalue weighted by molar-refractivity contribution is 9.10. The molecule has 0 unspecified atom stereocenters. The van der Waals surface area contributed by atoms with Gasteiger partial charge < -0.3 is 5.11 Å². The molecule has 0 aliphatic rings. The first-order valence-electron chi connectivity index (χ1n) is 6.04. The van der Waals surface area contributed by atoms with Crippen molar-refractivity contribution in [2.45, 2.75) is 12.4 Å². The van der Waals surface area contributed by atoms with Crippen molar-refractivity contribution in [2.24, 2.45) is 0 Å². The lowest BCUT2D eigenvalue weighted by atomic mass is 10.1. The van der Waals surface area contributed by atoms with Crippen molar-refractivity contribution >= 4 is 43.2 Å². The number of hydrogen-bond donors (Lipinski definition) is 2. The van der Waals surface area contributed by atoms with Crippen LogP contribution in [0.4, 0.5) is 5.69 Å². The van der Waals surface area contributed by atoms with Crippen LogP contribution in [0.5, 0.6) is 0 Å². The minimum absolute atomic E-state index is 0.124. The normalized spacial score (nSPS) is 11.4. The minimum Gasteiger partial charge on any atom is -0.392 e. The molecule has 0 atom stereocenters. The maximum absolute atomic E-state index is 12.2. The number of rotatable bonds is 5. The summed E-state index contributed by atoms with van der Waals surface area (Å²) in [7, 11) is -3.57. The van der Waals surface area contributed by atoms with Gasteiger partial charge in [0, 0.05) is 9.50 Å². The zero-order chi connectivity index (χ0) is 15.5. The molecule has 7 heteroatoms. The third-order valence-electron chi connectivity index (χ3n) is 2.72. The summed E-state index contributed by atoms with van der Waals surface area (Å²) >= 11 is 9.13. The Balaban J connectivity index is 2.20. The van der Waals surface area contributed by atoms with E-state index in [0.717, 1.165) is 0 Å². The smallest absolute Gasteiger partial charge is 0.236 e. The van der Waals surface area contributed by atoms with Crippen molar-refractivity contribution in [3.8, 4) is 0 Å². The third-order valence-corrected chi connectivity index (χ3v) is 4.90. The summed E-state index contributed by atoms with van der Waals surface area (Å²) in [6, 6.07) is 11.7. The zero-order valence-corrected chi connectivity index (χ0v) is 14.0. The molecule has 21 heavy (non-hydrogen) atoms. The maximum atomic E-state index is 12.2. The quantitative estimate of drug-likeness (QED) is 0.820. The third kappa shape index (κ3) is 4.71. The van der Waals surface area contributed by atoms with Gasteiger partial charge in [-0.2, -0.15) is 0 Å². The van der Waals surface area contributed by atoms with Gasteiger partial charge in [0.25, 0.3) is 0 Å². The standard InChI is InChI=1S/C14H13BrClNO3S/c15-13-5-4-12(16)7-14(13)17-21(19,20)9-11-3-1-2-10(6-11)8-18/h1-7,17-18H,8-9H2. The Morgan fingerprint density at radius 3 is 2.57 bits per heavy atom. The zero-order valence-electron chi connectivity index (χ0n) is 10.9. The van der Waals surface area contributed by atoms with E-state index < -0.39 is 10.0 Å². The molecule has 0 fully saturated rings. The second kappa shape index (κ2) is 6.79. The Labute approximate surface area is 136 Å². The fourth-order valence-corrected chi connectivity index (χ4v) is 3.66. The molecule has 0 spiro atoms. The molecule has 2 N–H and O–H groups in total. The molecule has 0 aromatic heterocycles. The lowest BCUT2D eigenvalue weighted by Crippen LogP contribution is -2.15. The first-order valence-corrected chi connectivity index (χ1v) is 8.86. The van der Waals surface area contributed by atoms with Gasteiger partial charge in [0.2, 0.25) is 10.0 Å². The van der Waals surface area contributed by atoms with Crippen LogP contribution in [0, 0.1) is 0 Å². The fourth-order valence-electron chi connectivity index (χ4n) is 1.82. The summed E-state index contributed by atoms with van der Waals surface area (Å²) in [5, 5.41) is 9.52. The van der Waals surface area contributed by atoms with Gasteiger partial charge in [-0.1, -0.05) is 35.9 Å². The number of anilines is 1. The monoisotopic (exact) mass is 389 g/mol. The van der Waals surface area contributed by atoms with E-state index in [0.29, 0.717) is 26.3 Å². The number of benzene rings is 2. The summed E-state index contributed by atoms with van der Waals surface area (Å²) < 4.78 is 27.5. The maximum Gasteiger partial charge on any atom is 0.236 e. The predicted octanol–water partition coefficient (Wildman–Crippen LogP) is 3.54. The molecule has 0 aliphatic carbocycles. The lowest BCUT2D eigenvalue weighted by Gasteiger charge is -2.10. The van der Waals surface area contributed by atoms with Crippen LogP contribution in [0.1, 0.15) is 11.1 Å². The van der Waals surface area contributed by atoms with E-state index in [9.17, 15) is 8.42 Å². The first kappa shape index (κ1) is 16.3. The molecule has 0 saturated heterocycles. The summed E-state index contributed by atoms with van der Waals surface area (Å²) in [5.74, 6) is -0.181. The number of hydrogen-bond acceptors (Lipinski definition) is 3. The van der Waals surface area contributed by atoms with Gasteiger partial charge in [0.05, 0.1) is 18.0 Å². The van der Waals surface area contributed by atoms with E-state index in [2.05, 4.69) is 20.7 Å². The van der Waals surface area contributed by atoms with Crippen LogP contribution in [0.2, 0.25) is 5.02 Å². The number of aliphatic hydroxyl groups excluding tert-OH is 1. The van der Waals surface area contributed by atoms with Crippen LogP contribution in [0.25, 0.3) is 0 Å². The molecule has 2 aromatic rings. The van der Waals surface area contributed by atoms with Gasteiger partial charge in [-0.15, -0.1) is 0 Å². The molecule has 4 nitrogen and oxygen atoms in total. The molecule has 0 amide bonds. The average Bonchev–Trinajstić information content (AvgIpc) is 2.42. The van der Waals surface area contributed by atoms with E-state index in [4.69, 9.17) is 16.7 Å². The fraction of sp³-hybridized carbons (Fsp3) is 0.143. The molecule has 0 aliphatic heterocycles.